The third-order valence-corrected chi connectivity index (χ3v) is 4.90. The van der Waals surface area contributed by atoms with E-state index in [1.54, 1.807) is 0 Å². The third-order valence-electron chi connectivity index (χ3n) is 4.67. The van der Waals surface area contributed by atoms with Crippen LogP contribution in [0.15, 0.2) is 0 Å². The van der Waals surface area contributed by atoms with Gasteiger partial charge in [0.1, 0.15) is 0 Å². The topological polar surface area (TPSA) is 24.1 Å². The summed E-state index contributed by atoms with van der Waals surface area (Å²) >= 11 is 5.48. The van der Waals surface area contributed by atoms with Crippen LogP contribution in [0.25, 0.3) is 0 Å². The quantitative estimate of drug-likeness (QED) is 0.759. The molecule has 1 atom stereocenters. The second kappa shape index (κ2) is 7.32. The molecule has 0 amide bonds. The van der Waals surface area contributed by atoms with Crippen molar-refractivity contribution in [2.45, 2.75) is 83.2 Å². The summed E-state index contributed by atoms with van der Waals surface area (Å²) in [5.74, 6) is 0.840. The molecule has 0 saturated heterocycles. The largest absolute Gasteiger partial charge is 0.360 e. The van der Waals surface area contributed by atoms with Crippen LogP contribution < -0.4 is 10.6 Å². The van der Waals surface area contributed by atoms with Crippen molar-refractivity contribution >= 4 is 17.3 Å². The van der Waals surface area contributed by atoms with Gasteiger partial charge in [-0.3, -0.25) is 0 Å². The highest BCUT2D eigenvalue weighted by Gasteiger charge is 2.23. The Kier molecular flexibility index (Phi) is 5.74. The average molecular weight is 268 g/mol. The standard InChI is InChI=1S/C15H28N2S/c1-2-14(12-8-4-3-5-9-12)17-15(18)16-13-10-6-7-11-13/h12-14H,2-11H2,1H3,(H2,16,17,18). The molecule has 2 N–H and O–H groups in total. The van der Waals surface area contributed by atoms with Crippen LogP contribution in [0.4, 0.5) is 0 Å². The number of hydrogen-bond donors (Lipinski definition) is 2. The molecule has 0 aliphatic heterocycles. The predicted octanol–water partition coefficient (Wildman–Crippen LogP) is 3.75. The normalized spacial score (nSPS) is 23.8. The first kappa shape index (κ1) is 14.1. The van der Waals surface area contributed by atoms with Gasteiger partial charge in [0.15, 0.2) is 5.11 Å². The first-order valence-corrected chi connectivity index (χ1v) is 8.27. The molecule has 2 aliphatic rings. The van der Waals surface area contributed by atoms with Gasteiger partial charge in [0.2, 0.25) is 0 Å². The number of rotatable bonds is 4. The Morgan fingerprint density at radius 2 is 1.67 bits per heavy atom. The van der Waals surface area contributed by atoms with Crippen molar-refractivity contribution in [1.29, 1.82) is 0 Å². The van der Waals surface area contributed by atoms with Crippen LogP contribution in [0, 0.1) is 5.92 Å². The van der Waals surface area contributed by atoms with Gasteiger partial charge in [-0.2, -0.15) is 0 Å². The molecule has 0 aromatic carbocycles. The van der Waals surface area contributed by atoms with E-state index in [-0.39, 0.29) is 0 Å². The van der Waals surface area contributed by atoms with E-state index in [2.05, 4.69) is 17.6 Å². The summed E-state index contributed by atoms with van der Waals surface area (Å²) in [6, 6.07) is 1.22. The minimum atomic E-state index is 0.590. The highest BCUT2D eigenvalue weighted by molar-refractivity contribution is 7.80. The molecule has 2 fully saturated rings. The van der Waals surface area contributed by atoms with Crippen molar-refractivity contribution in [3.05, 3.63) is 0 Å². The third kappa shape index (κ3) is 4.11. The molecule has 3 heteroatoms. The molecule has 0 spiro atoms. The molecule has 2 saturated carbocycles. The highest BCUT2D eigenvalue weighted by Crippen LogP contribution is 2.27. The van der Waals surface area contributed by atoms with Crippen LogP contribution in [0.1, 0.15) is 71.1 Å². The number of thiocarbonyl (C=S) groups is 1. The summed E-state index contributed by atoms with van der Waals surface area (Å²) in [6.07, 6.45) is 13.5. The molecule has 104 valence electrons. The molecule has 0 aromatic rings. The van der Waals surface area contributed by atoms with Gasteiger partial charge in [-0.15, -0.1) is 0 Å². The molecule has 0 aromatic heterocycles. The first-order chi connectivity index (χ1) is 8.79. The van der Waals surface area contributed by atoms with E-state index in [4.69, 9.17) is 12.2 Å². The smallest absolute Gasteiger partial charge is 0.166 e. The molecule has 2 rings (SSSR count). The second-order valence-corrected chi connectivity index (χ2v) is 6.42. The average Bonchev–Trinajstić information content (AvgIpc) is 2.90. The molecule has 1 unspecified atom stereocenters. The van der Waals surface area contributed by atoms with Crippen LogP contribution in [-0.2, 0) is 0 Å². The SMILES string of the molecule is CCC(NC(=S)NC1CCCC1)C1CCCCC1. The molecule has 0 bridgehead atoms. The van der Waals surface area contributed by atoms with Gasteiger partial charge in [-0.25, -0.2) is 0 Å². The minimum absolute atomic E-state index is 0.590. The Labute approximate surface area is 117 Å². The van der Waals surface area contributed by atoms with E-state index in [0.717, 1.165) is 11.0 Å². The lowest BCUT2D eigenvalue weighted by molar-refractivity contribution is 0.283. The fourth-order valence-corrected chi connectivity index (χ4v) is 3.87. The van der Waals surface area contributed by atoms with E-state index in [1.807, 2.05) is 0 Å². The second-order valence-electron chi connectivity index (χ2n) is 6.01. The van der Waals surface area contributed by atoms with Gasteiger partial charge in [-0.1, -0.05) is 39.0 Å². The van der Waals surface area contributed by atoms with Gasteiger partial charge in [0, 0.05) is 12.1 Å². The van der Waals surface area contributed by atoms with Gasteiger partial charge < -0.3 is 10.6 Å². The van der Waals surface area contributed by atoms with Gasteiger partial charge in [0.25, 0.3) is 0 Å². The van der Waals surface area contributed by atoms with Crippen molar-refractivity contribution in [2.24, 2.45) is 5.92 Å². The van der Waals surface area contributed by atoms with Gasteiger partial charge in [0.05, 0.1) is 0 Å². The van der Waals surface area contributed by atoms with E-state index in [1.165, 1.54) is 64.2 Å². The Balaban J connectivity index is 1.75. The lowest BCUT2D eigenvalue weighted by Crippen LogP contribution is -2.48. The summed E-state index contributed by atoms with van der Waals surface area (Å²) in [7, 11) is 0. The predicted molar refractivity (Wildman–Crippen MR) is 81.8 cm³/mol. The molecular weight excluding hydrogens is 240 g/mol. The highest BCUT2D eigenvalue weighted by atomic mass is 32.1. The maximum Gasteiger partial charge on any atom is 0.166 e. The van der Waals surface area contributed by atoms with Crippen LogP contribution >= 0.6 is 12.2 Å². The van der Waals surface area contributed by atoms with E-state index in [9.17, 15) is 0 Å². The zero-order valence-corrected chi connectivity index (χ0v) is 12.5. The summed E-state index contributed by atoms with van der Waals surface area (Å²) in [5.41, 5.74) is 0. The van der Waals surface area contributed by atoms with Gasteiger partial charge >= 0.3 is 0 Å². The zero-order valence-electron chi connectivity index (χ0n) is 11.7. The first-order valence-electron chi connectivity index (χ1n) is 7.86. The molecule has 2 aliphatic carbocycles. The molecule has 18 heavy (non-hydrogen) atoms. The van der Waals surface area contributed by atoms with Crippen LogP contribution in [0.3, 0.4) is 0 Å². The summed E-state index contributed by atoms with van der Waals surface area (Å²) in [4.78, 5) is 0. The molecular formula is C15H28N2S. The zero-order chi connectivity index (χ0) is 12.8. The van der Waals surface area contributed by atoms with Crippen molar-refractivity contribution in [3.63, 3.8) is 0 Å². The fraction of sp³-hybridized carbons (Fsp3) is 0.933. The van der Waals surface area contributed by atoms with Crippen molar-refractivity contribution in [3.8, 4) is 0 Å². The Morgan fingerprint density at radius 3 is 2.28 bits per heavy atom. The molecule has 2 nitrogen and oxygen atoms in total. The fourth-order valence-electron chi connectivity index (χ4n) is 3.56. The van der Waals surface area contributed by atoms with E-state index < -0.39 is 0 Å². The van der Waals surface area contributed by atoms with E-state index >= 15 is 0 Å². The summed E-state index contributed by atoms with van der Waals surface area (Å²) in [5, 5.41) is 7.99. The van der Waals surface area contributed by atoms with Crippen molar-refractivity contribution in [1.82, 2.24) is 10.6 Å². The molecule has 0 heterocycles. The maximum atomic E-state index is 5.48. The van der Waals surface area contributed by atoms with Crippen molar-refractivity contribution in [2.75, 3.05) is 0 Å². The number of nitrogens with one attached hydrogen (secondary N) is 2. The lowest BCUT2D eigenvalue weighted by atomic mass is 9.83. The number of hydrogen-bond acceptors (Lipinski definition) is 1. The monoisotopic (exact) mass is 268 g/mol. The van der Waals surface area contributed by atoms with E-state index in [0.29, 0.717) is 12.1 Å². The van der Waals surface area contributed by atoms with Crippen LogP contribution in [-0.4, -0.2) is 17.2 Å². The van der Waals surface area contributed by atoms with Crippen LogP contribution in [0.2, 0.25) is 0 Å². The maximum absolute atomic E-state index is 5.48. The Morgan fingerprint density at radius 1 is 1.06 bits per heavy atom. The minimum Gasteiger partial charge on any atom is -0.360 e. The lowest BCUT2D eigenvalue weighted by Gasteiger charge is -2.31. The summed E-state index contributed by atoms with van der Waals surface area (Å²) < 4.78 is 0. The Hall–Kier alpha value is -0.310. The molecule has 0 radical (unpaired) electrons. The van der Waals surface area contributed by atoms with Gasteiger partial charge in [-0.05, 0) is 50.2 Å². The summed E-state index contributed by atoms with van der Waals surface area (Å²) in [6.45, 7) is 2.28. The van der Waals surface area contributed by atoms with Crippen LogP contribution in [0.5, 0.6) is 0 Å². The Bertz CT molecular complexity index is 255. The van der Waals surface area contributed by atoms with Crippen molar-refractivity contribution < 1.29 is 0 Å².